The Hall–Kier alpha value is -1.75. The van der Waals surface area contributed by atoms with Crippen molar-refractivity contribution in [1.82, 2.24) is 9.55 Å². The molecule has 0 saturated heterocycles. The molecular formula is C12H12N2. The zero-order chi connectivity index (χ0) is 9.97. The number of aromatic nitrogens is 2. The standard InChI is InChI=1S/C12H12N2/c1-3-4-9-12-13-10-7-5-6-8-11(10)14(12)2/h1,5-8H,4,9H2,2H3. The maximum Gasteiger partial charge on any atom is 0.110 e. The fourth-order valence-corrected chi connectivity index (χ4v) is 1.60. The van der Waals surface area contributed by atoms with Gasteiger partial charge in [0.25, 0.3) is 0 Å². The largest absolute Gasteiger partial charge is 0.331 e. The summed E-state index contributed by atoms with van der Waals surface area (Å²) in [4.78, 5) is 4.52. The van der Waals surface area contributed by atoms with E-state index in [1.54, 1.807) is 0 Å². The van der Waals surface area contributed by atoms with Gasteiger partial charge in [-0.2, -0.15) is 0 Å². The topological polar surface area (TPSA) is 17.8 Å². The van der Waals surface area contributed by atoms with Crippen LogP contribution in [-0.4, -0.2) is 9.55 Å². The van der Waals surface area contributed by atoms with Crippen LogP contribution in [0.5, 0.6) is 0 Å². The molecule has 0 aliphatic carbocycles. The van der Waals surface area contributed by atoms with Crippen LogP contribution in [-0.2, 0) is 13.5 Å². The fraction of sp³-hybridized carbons (Fsp3) is 0.250. The molecule has 14 heavy (non-hydrogen) atoms. The molecule has 0 saturated carbocycles. The quantitative estimate of drug-likeness (QED) is 0.654. The smallest absolute Gasteiger partial charge is 0.110 e. The molecule has 1 aromatic heterocycles. The van der Waals surface area contributed by atoms with E-state index in [0.717, 1.165) is 24.2 Å². The number of rotatable bonds is 2. The first-order chi connectivity index (χ1) is 6.83. The fourth-order valence-electron chi connectivity index (χ4n) is 1.60. The Morgan fingerprint density at radius 2 is 2.21 bits per heavy atom. The van der Waals surface area contributed by atoms with Crippen LogP contribution in [0.4, 0.5) is 0 Å². The summed E-state index contributed by atoms with van der Waals surface area (Å²) in [6.45, 7) is 0. The van der Waals surface area contributed by atoms with Gasteiger partial charge in [0.1, 0.15) is 5.82 Å². The predicted molar refractivity (Wildman–Crippen MR) is 57.9 cm³/mol. The first-order valence-corrected chi connectivity index (χ1v) is 4.66. The molecule has 2 rings (SSSR count). The summed E-state index contributed by atoms with van der Waals surface area (Å²) in [6.07, 6.45) is 6.83. The van der Waals surface area contributed by atoms with Crippen LogP contribution >= 0.6 is 0 Å². The molecule has 0 aliphatic heterocycles. The third-order valence-electron chi connectivity index (χ3n) is 2.37. The van der Waals surface area contributed by atoms with Crippen molar-refractivity contribution in [2.75, 3.05) is 0 Å². The Bertz CT molecular complexity index is 488. The monoisotopic (exact) mass is 184 g/mol. The summed E-state index contributed by atoms with van der Waals surface area (Å²) in [7, 11) is 2.03. The van der Waals surface area contributed by atoms with E-state index < -0.39 is 0 Å². The number of hydrogen-bond donors (Lipinski definition) is 0. The van der Waals surface area contributed by atoms with E-state index in [1.165, 1.54) is 5.52 Å². The van der Waals surface area contributed by atoms with Gasteiger partial charge in [-0.05, 0) is 12.1 Å². The number of aryl methyl sites for hydroxylation is 2. The molecule has 0 aliphatic rings. The summed E-state index contributed by atoms with van der Waals surface area (Å²) < 4.78 is 2.10. The first-order valence-electron chi connectivity index (χ1n) is 4.66. The third kappa shape index (κ3) is 1.38. The van der Waals surface area contributed by atoms with E-state index in [0.29, 0.717) is 0 Å². The molecular weight excluding hydrogens is 172 g/mol. The third-order valence-corrected chi connectivity index (χ3v) is 2.37. The highest BCUT2D eigenvalue weighted by Crippen LogP contribution is 2.14. The van der Waals surface area contributed by atoms with Gasteiger partial charge in [-0.25, -0.2) is 4.98 Å². The van der Waals surface area contributed by atoms with Crippen molar-refractivity contribution in [2.45, 2.75) is 12.8 Å². The van der Waals surface area contributed by atoms with Crippen LogP contribution < -0.4 is 0 Å². The summed E-state index contributed by atoms with van der Waals surface area (Å²) in [5.74, 6) is 3.69. The van der Waals surface area contributed by atoms with Gasteiger partial charge in [0, 0.05) is 19.9 Å². The molecule has 0 unspecified atom stereocenters. The minimum Gasteiger partial charge on any atom is -0.331 e. The second-order valence-corrected chi connectivity index (χ2v) is 3.28. The maximum atomic E-state index is 5.23. The van der Waals surface area contributed by atoms with Crippen molar-refractivity contribution in [3.63, 3.8) is 0 Å². The van der Waals surface area contributed by atoms with Crippen molar-refractivity contribution in [3.8, 4) is 12.3 Å². The number of para-hydroxylation sites is 2. The lowest BCUT2D eigenvalue weighted by Crippen LogP contribution is -1.96. The summed E-state index contributed by atoms with van der Waals surface area (Å²) in [6, 6.07) is 8.12. The van der Waals surface area contributed by atoms with Crippen molar-refractivity contribution < 1.29 is 0 Å². The van der Waals surface area contributed by atoms with Crippen molar-refractivity contribution in [1.29, 1.82) is 0 Å². The Labute approximate surface area is 83.6 Å². The number of benzene rings is 1. The number of imidazole rings is 1. The maximum absolute atomic E-state index is 5.23. The van der Waals surface area contributed by atoms with Crippen molar-refractivity contribution >= 4 is 11.0 Å². The zero-order valence-corrected chi connectivity index (χ0v) is 8.20. The number of hydrogen-bond acceptors (Lipinski definition) is 1. The SMILES string of the molecule is C#CCCc1nc2ccccc2n1C. The summed E-state index contributed by atoms with van der Waals surface area (Å²) in [5.41, 5.74) is 2.21. The highest BCUT2D eigenvalue weighted by Gasteiger charge is 2.05. The van der Waals surface area contributed by atoms with E-state index in [4.69, 9.17) is 6.42 Å². The average Bonchev–Trinajstić information content (AvgIpc) is 2.54. The lowest BCUT2D eigenvalue weighted by atomic mass is 10.3. The molecule has 0 amide bonds. The molecule has 0 radical (unpaired) electrons. The lowest BCUT2D eigenvalue weighted by molar-refractivity contribution is 0.804. The van der Waals surface area contributed by atoms with E-state index in [2.05, 4.69) is 21.5 Å². The van der Waals surface area contributed by atoms with Gasteiger partial charge in [-0.1, -0.05) is 12.1 Å². The van der Waals surface area contributed by atoms with Crippen LogP contribution in [0.3, 0.4) is 0 Å². The van der Waals surface area contributed by atoms with Gasteiger partial charge in [-0.3, -0.25) is 0 Å². The highest BCUT2D eigenvalue weighted by molar-refractivity contribution is 5.75. The first kappa shape index (κ1) is 8.83. The average molecular weight is 184 g/mol. The number of nitrogens with zero attached hydrogens (tertiary/aromatic N) is 2. The number of terminal acetylenes is 1. The molecule has 2 aromatic rings. The molecule has 1 aromatic carbocycles. The summed E-state index contributed by atoms with van der Waals surface area (Å²) in [5, 5.41) is 0. The normalized spacial score (nSPS) is 10.3. The molecule has 0 fully saturated rings. The molecule has 2 heteroatoms. The van der Waals surface area contributed by atoms with Crippen LogP contribution in [0, 0.1) is 12.3 Å². The molecule has 0 N–H and O–H groups in total. The zero-order valence-electron chi connectivity index (χ0n) is 8.20. The predicted octanol–water partition coefficient (Wildman–Crippen LogP) is 2.14. The number of fused-ring (bicyclic) bond motifs is 1. The van der Waals surface area contributed by atoms with Crippen LogP contribution in [0.1, 0.15) is 12.2 Å². The van der Waals surface area contributed by atoms with Gasteiger partial charge >= 0.3 is 0 Å². The Balaban J connectivity index is 2.47. The minimum absolute atomic E-state index is 0.747. The molecule has 0 atom stereocenters. The van der Waals surface area contributed by atoms with Crippen LogP contribution in [0.2, 0.25) is 0 Å². The Kier molecular flexibility index (Phi) is 2.24. The van der Waals surface area contributed by atoms with Gasteiger partial charge < -0.3 is 4.57 Å². The van der Waals surface area contributed by atoms with Gasteiger partial charge in [0.05, 0.1) is 11.0 Å². The second kappa shape index (κ2) is 3.55. The molecule has 2 nitrogen and oxygen atoms in total. The lowest BCUT2D eigenvalue weighted by Gasteiger charge is -1.98. The molecule has 0 bridgehead atoms. The van der Waals surface area contributed by atoms with Crippen LogP contribution in [0.25, 0.3) is 11.0 Å². The van der Waals surface area contributed by atoms with Crippen LogP contribution in [0.15, 0.2) is 24.3 Å². The van der Waals surface area contributed by atoms with Crippen molar-refractivity contribution in [2.24, 2.45) is 7.05 Å². The Morgan fingerprint density at radius 3 is 2.93 bits per heavy atom. The molecule has 0 spiro atoms. The van der Waals surface area contributed by atoms with Gasteiger partial charge in [-0.15, -0.1) is 12.3 Å². The minimum atomic E-state index is 0.747. The van der Waals surface area contributed by atoms with E-state index in [1.807, 2.05) is 25.2 Å². The van der Waals surface area contributed by atoms with Gasteiger partial charge in [0.2, 0.25) is 0 Å². The van der Waals surface area contributed by atoms with Crippen molar-refractivity contribution in [3.05, 3.63) is 30.1 Å². The summed E-state index contributed by atoms with van der Waals surface area (Å²) >= 11 is 0. The van der Waals surface area contributed by atoms with E-state index >= 15 is 0 Å². The van der Waals surface area contributed by atoms with E-state index in [9.17, 15) is 0 Å². The Morgan fingerprint density at radius 1 is 1.43 bits per heavy atom. The van der Waals surface area contributed by atoms with E-state index in [-0.39, 0.29) is 0 Å². The second-order valence-electron chi connectivity index (χ2n) is 3.28. The highest BCUT2D eigenvalue weighted by atomic mass is 15.1. The van der Waals surface area contributed by atoms with Gasteiger partial charge in [0.15, 0.2) is 0 Å². The molecule has 70 valence electrons. The molecule has 1 heterocycles.